The summed E-state index contributed by atoms with van der Waals surface area (Å²) >= 11 is 0. The summed E-state index contributed by atoms with van der Waals surface area (Å²) in [5.74, 6) is -5.70. The fraction of sp³-hybridized carbons (Fsp3) is 0.830. The third-order valence-electron chi connectivity index (χ3n) is 20.5. The number of hydrogen-bond donors (Lipinski definition) is 11. The highest BCUT2D eigenvalue weighted by Crippen LogP contribution is 2.76. The van der Waals surface area contributed by atoms with Crippen LogP contribution in [0.2, 0.25) is 0 Å². The first kappa shape index (κ1) is 57.1. The molecule has 5 aliphatic carbocycles. The van der Waals surface area contributed by atoms with E-state index < -0.39 is 168 Å². The minimum absolute atomic E-state index is 0.0606. The van der Waals surface area contributed by atoms with E-state index in [2.05, 4.69) is 33.4 Å². The van der Waals surface area contributed by atoms with Crippen molar-refractivity contribution in [1.82, 2.24) is 0 Å². The lowest BCUT2D eigenvalue weighted by Gasteiger charge is -2.72. The van der Waals surface area contributed by atoms with Gasteiger partial charge in [-0.3, -0.25) is 9.59 Å². The van der Waals surface area contributed by atoms with Crippen LogP contribution in [0, 0.1) is 62.6 Å². The van der Waals surface area contributed by atoms with E-state index in [1.54, 1.807) is 6.92 Å². The number of rotatable bonds is 12. The van der Waals surface area contributed by atoms with Crippen LogP contribution in [0.15, 0.2) is 36.1 Å². The number of ether oxygens (including phenoxy) is 7. The Morgan fingerprint density at radius 2 is 1.42 bits per heavy atom. The molecule has 6 fully saturated rings. The summed E-state index contributed by atoms with van der Waals surface area (Å²) in [7, 11) is 1.15. The maximum absolute atomic E-state index is 14.8. The van der Waals surface area contributed by atoms with Crippen molar-refractivity contribution in [2.45, 2.75) is 185 Å². The van der Waals surface area contributed by atoms with Gasteiger partial charge in [0.1, 0.15) is 48.8 Å². The Balaban J connectivity index is 1.04. The number of methoxy groups -OCH3 is 1. The van der Waals surface area contributed by atoms with E-state index >= 15 is 0 Å². The second kappa shape index (κ2) is 20.6. The number of carbonyl (C=O) groups is 3. The van der Waals surface area contributed by atoms with Crippen LogP contribution in [0.25, 0.3) is 0 Å². The van der Waals surface area contributed by atoms with Gasteiger partial charge in [0, 0.05) is 23.2 Å². The van der Waals surface area contributed by atoms with Gasteiger partial charge in [0.05, 0.1) is 68.4 Å². The second-order valence-electron chi connectivity index (χ2n) is 24.1. The van der Waals surface area contributed by atoms with Crippen LogP contribution in [0.5, 0.6) is 0 Å². The molecule has 0 radical (unpaired) electrons. The smallest absolute Gasteiger partial charge is 0.337 e. The summed E-state index contributed by atoms with van der Waals surface area (Å²) in [5.41, 5.74) is -4.73. The van der Waals surface area contributed by atoms with Crippen molar-refractivity contribution >= 4 is 17.9 Å². The van der Waals surface area contributed by atoms with Crippen LogP contribution in [0.1, 0.15) is 99.3 Å². The summed E-state index contributed by atoms with van der Waals surface area (Å²) in [4.78, 5) is 42.1. The van der Waals surface area contributed by atoms with Gasteiger partial charge in [-0.05, 0) is 92.3 Å². The molecular formula is C53H80O21. The van der Waals surface area contributed by atoms with Gasteiger partial charge >= 0.3 is 17.9 Å². The molecule has 8 aliphatic rings. The SMILES string of the molecule is C=C[C@H]1[C@H](O[C@@H]2O[C@H](CO)[C@@H](O)[C@H](O)[C@H]2O)OC=C(C(=O)OC)[C@H]1CC(=O)OC[C@]1(C)[C@@H]2CC[C@]3(C)[C@H](CC=C4[C@H]5[C@](C(=O)O[C@@H]6O[C@H](CO)[C@@H](O)[C@H](O)[C@H]6O)(CC[C@@H](C)[C@@]5(C)O)CC[C@]43C)[C@@]2(C)C[C@@H](O)[C@@H]1O. The molecule has 74 heavy (non-hydrogen) atoms. The molecule has 418 valence electrons. The molecule has 0 bridgehead atoms. The predicted octanol–water partition coefficient (Wildman–Crippen LogP) is -0.00480. The largest absolute Gasteiger partial charge is 0.471 e. The van der Waals surface area contributed by atoms with Crippen LogP contribution >= 0.6 is 0 Å². The molecule has 2 saturated heterocycles. The third kappa shape index (κ3) is 8.80. The number of hydrogen-bond acceptors (Lipinski definition) is 21. The van der Waals surface area contributed by atoms with Gasteiger partial charge in [-0.1, -0.05) is 52.3 Å². The maximum Gasteiger partial charge on any atom is 0.337 e. The standard InChI is InChI=1S/C53H80O21/c1-9-25-26(27(43(65)68-8)22-69-44(25)73-45-39(62)37(60)35(58)30(20-54)71-45)18-34(57)70-23-49(4)32-13-14-51(6)33(48(32,3)19-29(56)42(49)64)11-10-28-41-52(7,67)24(2)12-15-53(41,17-16-50(28,51)5)47(66)74-46-40(63)38(61)36(59)31(21-55)72-46/h9-10,22,24-26,29-33,35-42,44-46,54-56,58-64,67H,1,11-21,23H2,2-8H3/t24-,25-,26+,29-,30-,31-,32-,33-,35-,36-,37+,38+,39-,40-,41-,42+,44+,45+,46+,48+,49-,50-,51-,52-,53+/m1/s1. The molecule has 25 atom stereocenters. The van der Waals surface area contributed by atoms with Gasteiger partial charge in [-0.15, -0.1) is 6.58 Å². The van der Waals surface area contributed by atoms with E-state index in [-0.39, 0.29) is 36.4 Å². The Hall–Kier alpha value is -3.13. The molecule has 3 aliphatic heterocycles. The lowest BCUT2D eigenvalue weighted by molar-refractivity contribution is -0.339. The monoisotopic (exact) mass is 1050 g/mol. The molecule has 0 spiro atoms. The van der Waals surface area contributed by atoms with Crippen LogP contribution in [-0.2, 0) is 47.5 Å². The number of esters is 3. The number of aliphatic hydroxyl groups excluding tert-OH is 10. The molecule has 4 saturated carbocycles. The van der Waals surface area contributed by atoms with Gasteiger partial charge < -0.3 is 89.3 Å². The number of carbonyl (C=O) groups excluding carboxylic acids is 3. The Kier molecular flexibility index (Phi) is 15.9. The first-order valence-electron chi connectivity index (χ1n) is 26.2. The molecule has 0 aromatic rings. The van der Waals surface area contributed by atoms with Gasteiger partial charge in [0.2, 0.25) is 12.6 Å². The van der Waals surface area contributed by atoms with Crippen molar-refractivity contribution in [3.63, 3.8) is 0 Å². The van der Waals surface area contributed by atoms with Crippen molar-refractivity contribution in [1.29, 1.82) is 0 Å². The molecule has 21 nitrogen and oxygen atoms in total. The molecular weight excluding hydrogens is 973 g/mol. The normalized spacial score (nSPS) is 51.0. The zero-order valence-corrected chi connectivity index (χ0v) is 43.4. The molecule has 0 unspecified atom stereocenters. The second-order valence-corrected chi connectivity index (χ2v) is 24.1. The molecule has 0 aromatic heterocycles. The quantitative estimate of drug-likeness (QED) is 0.0696. The van der Waals surface area contributed by atoms with E-state index in [1.807, 2.05) is 13.8 Å². The average molecular weight is 1050 g/mol. The number of allylic oxidation sites excluding steroid dienone is 1. The van der Waals surface area contributed by atoms with Gasteiger partial charge in [-0.25, -0.2) is 4.79 Å². The summed E-state index contributed by atoms with van der Waals surface area (Å²) < 4.78 is 39.8. The maximum atomic E-state index is 14.8. The Labute approximate surface area is 431 Å². The fourth-order valence-electron chi connectivity index (χ4n) is 15.8. The Morgan fingerprint density at radius 1 is 0.797 bits per heavy atom. The van der Waals surface area contributed by atoms with Gasteiger partial charge in [0.15, 0.2) is 6.29 Å². The first-order chi connectivity index (χ1) is 34.7. The van der Waals surface area contributed by atoms with Crippen molar-refractivity contribution in [2.24, 2.45) is 62.6 Å². The average Bonchev–Trinajstić information content (AvgIpc) is 3.36. The highest BCUT2D eigenvalue weighted by molar-refractivity contribution is 5.90. The molecule has 21 heteroatoms. The minimum atomic E-state index is -1.80. The van der Waals surface area contributed by atoms with Crippen molar-refractivity contribution in [3.8, 4) is 0 Å². The van der Waals surface area contributed by atoms with Crippen LogP contribution in [0.4, 0.5) is 0 Å². The van der Waals surface area contributed by atoms with E-state index in [4.69, 9.17) is 33.2 Å². The number of fused-ring (bicyclic) bond motifs is 7. The van der Waals surface area contributed by atoms with Gasteiger partial charge in [0.25, 0.3) is 0 Å². The number of aliphatic hydroxyl groups is 11. The Morgan fingerprint density at radius 3 is 2.03 bits per heavy atom. The summed E-state index contributed by atoms with van der Waals surface area (Å²) in [6, 6.07) is 0. The van der Waals surface area contributed by atoms with Gasteiger partial charge in [-0.2, -0.15) is 0 Å². The summed E-state index contributed by atoms with van der Waals surface area (Å²) in [5, 5.41) is 119. The van der Waals surface area contributed by atoms with E-state index in [0.717, 1.165) is 18.9 Å². The zero-order chi connectivity index (χ0) is 54.4. The van der Waals surface area contributed by atoms with Crippen LogP contribution in [-0.4, -0.2) is 187 Å². The van der Waals surface area contributed by atoms with Crippen LogP contribution < -0.4 is 0 Å². The predicted molar refractivity (Wildman–Crippen MR) is 255 cm³/mol. The third-order valence-corrected chi connectivity index (χ3v) is 20.5. The minimum Gasteiger partial charge on any atom is -0.471 e. The topological polar surface area (TPSA) is 338 Å². The van der Waals surface area contributed by atoms with E-state index in [9.17, 15) is 70.6 Å². The summed E-state index contributed by atoms with van der Waals surface area (Å²) in [6.07, 6.45) is -12.5. The molecule has 0 aromatic carbocycles. The highest BCUT2D eigenvalue weighted by Gasteiger charge is 2.73. The lowest BCUT2D eigenvalue weighted by atomic mass is 9.33. The highest BCUT2D eigenvalue weighted by atomic mass is 16.8. The molecule has 8 rings (SSSR count). The van der Waals surface area contributed by atoms with Crippen LogP contribution in [0.3, 0.4) is 0 Å². The molecule has 3 heterocycles. The van der Waals surface area contributed by atoms with Crippen molar-refractivity contribution < 1.29 is 104 Å². The van der Waals surface area contributed by atoms with Crippen molar-refractivity contribution in [2.75, 3.05) is 26.9 Å². The molecule has 0 amide bonds. The fourth-order valence-corrected chi connectivity index (χ4v) is 15.8. The van der Waals surface area contributed by atoms with E-state index in [0.29, 0.717) is 44.9 Å². The first-order valence-corrected chi connectivity index (χ1v) is 26.2. The lowest BCUT2D eigenvalue weighted by Crippen LogP contribution is -2.70. The zero-order valence-electron chi connectivity index (χ0n) is 43.4. The molecule has 11 N–H and O–H groups in total. The van der Waals surface area contributed by atoms with Crippen molar-refractivity contribution in [3.05, 3.63) is 36.1 Å². The summed E-state index contributed by atoms with van der Waals surface area (Å²) in [6.45, 7) is 14.2. The van der Waals surface area contributed by atoms with E-state index in [1.165, 1.54) is 6.08 Å². The Bertz CT molecular complexity index is 2180.